The Morgan fingerprint density at radius 1 is 0.512 bits per heavy atom. The van der Waals surface area contributed by atoms with Crippen LogP contribution >= 0.6 is 57.2 Å². The molecule has 19 heteroatoms. The van der Waals surface area contributed by atoms with Crippen molar-refractivity contribution in [3.8, 4) is 44.9 Å². The van der Waals surface area contributed by atoms with Gasteiger partial charge in [-0.15, -0.1) is 34.0 Å². The molecule has 0 fully saturated rings. The van der Waals surface area contributed by atoms with Crippen LogP contribution in [0.4, 0.5) is 28.2 Å². The molecule has 402 valence electrons. The third-order valence-corrected chi connectivity index (χ3v) is 17.8. The van der Waals surface area contributed by atoms with Crippen molar-refractivity contribution in [2.45, 2.75) is 37.3 Å². The maximum atomic E-state index is 15.6. The molecule has 0 saturated carbocycles. The van der Waals surface area contributed by atoms with E-state index in [1.807, 2.05) is 37.3 Å². The van der Waals surface area contributed by atoms with Crippen LogP contribution in [-0.4, -0.2) is 47.3 Å². The Hall–Kier alpha value is -8.19. The van der Waals surface area contributed by atoms with Crippen LogP contribution in [0.3, 0.4) is 0 Å². The van der Waals surface area contributed by atoms with Crippen molar-refractivity contribution < 1.29 is 51.8 Å². The lowest BCUT2D eigenvalue weighted by atomic mass is 9.72. The molecule has 3 atom stereocenters. The number of anilines is 3. The van der Waals surface area contributed by atoms with Crippen molar-refractivity contribution in [3.05, 3.63) is 216 Å². The minimum absolute atomic E-state index is 0.0390. The zero-order chi connectivity index (χ0) is 57.0. The molecule has 0 spiro atoms. The molecule has 3 aromatic heterocycles. The van der Waals surface area contributed by atoms with Crippen LogP contribution in [0, 0.1) is 18.6 Å². The van der Waals surface area contributed by atoms with Gasteiger partial charge in [-0.25, -0.2) is 13.2 Å². The summed E-state index contributed by atoms with van der Waals surface area (Å²) in [5.74, 6) is -4.29. The minimum Gasteiger partial charge on any atom is -0.507 e. The molecule has 0 aliphatic carbocycles. The van der Waals surface area contributed by atoms with Gasteiger partial charge in [0.25, 0.3) is 11.6 Å². The maximum absolute atomic E-state index is 15.6. The van der Waals surface area contributed by atoms with Crippen molar-refractivity contribution in [3.63, 3.8) is 0 Å². The number of halogens is 5. The number of benzene rings is 6. The third-order valence-electron chi connectivity index (χ3n) is 14.3. The molecular formula is C61H42Cl2F3N3O8S3. The van der Waals surface area contributed by atoms with Crippen molar-refractivity contribution in [1.29, 1.82) is 0 Å². The number of fused-ring (bicyclic) bond motifs is 3. The first-order valence-corrected chi connectivity index (χ1v) is 27.6. The molecule has 80 heavy (non-hydrogen) atoms. The standard InChI is InChI=1S/C22H18ClNO3S.C20H13ClFNO2S.C19H11F2NO3S/c1-12-7-4-5-10-15(12)16-17-18(25)22(2,13-8-6-9-14(11-13)27-3)21(26)24-20(17)28-19(16)23;1-20(12-7-3-2-4-8-12)16(24)15-14(11-6-5-9-13(22)10-11)17(21)26-18(15)23-19(20)25;20-11-6-7-12(14(23)8-11)13-9-26-17-15(13)16(24)19(21,18(25)22-17)10-4-2-1-3-5-10/h4-11H,1-3H3,(H,24,26);2-10H,1H3,(H,23,25);1-9,23H,(H,22,25). The summed E-state index contributed by atoms with van der Waals surface area (Å²) in [5, 5.41) is 20.8. The average molecular weight is 1170 g/mol. The van der Waals surface area contributed by atoms with E-state index in [9.17, 15) is 42.7 Å². The lowest BCUT2D eigenvalue weighted by molar-refractivity contribution is -0.125. The van der Waals surface area contributed by atoms with Crippen LogP contribution in [-0.2, 0) is 30.9 Å². The maximum Gasteiger partial charge on any atom is 0.275 e. The van der Waals surface area contributed by atoms with Crippen LogP contribution < -0.4 is 20.7 Å². The van der Waals surface area contributed by atoms with Crippen molar-refractivity contribution in [1.82, 2.24) is 0 Å². The predicted octanol–water partition coefficient (Wildman–Crippen LogP) is 15.0. The topological polar surface area (TPSA) is 168 Å². The monoisotopic (exact) mass is 1170 g/mol. The number of aromatic hydroxyl groups is 1. The van der Waals surface area contributed by atoms with E-state index in [0.717, 1.165) is 45.9 Å². The fourth-order valence-corrected chi connectivity index (χ4v) is 13.5. The molecule has 3 unspecified atom stereocenters. The molecule has 6 aromatic carbocycles. The van der Waals surface area contributed by atoms with Gasteiger partial charge in [0.05, 0.1) is 23.8 Å². The van der Waals surface area contributed by atoms with Gasteiger partial charge in [0.2, 0.25) is 17.6 Å². The van der Waals surface area contributed by atoms with Crippen LogP contribution in [0.25, 0.3) is 33.4 Å². The van der Waals surface area contributed by atoms with Crippen molar-refractivity contribution in [2.75, 3.05) is 23.1 Å². The molecule has 0 bridgehead atoms. The molecule has 12 rings (SSSR count). The number of phenols is 1. The number of ketones is 3. The van der Waals surface area contributed by atoms with Gasteiger partial charge in [-0.3, -0.25) is 28.8 Å². The number of hydrogen-bond acceptors (Lipinski definition) is 11. The summed E-state index contributed by atoms with van der Waals surface area (Å²) >= 11 is 16.3. The number of alkyl halides is 1. The lowest BCUT2D eigenvalue weighted by Crippen LogP contribution is -2.48. The molecular weight excluding hydrogens is 1130 g/mol. The van der Waals surface area contributed by atoms with E-state index in [4.69, 9.17) is 27.9 Å². The van der Waals surface area contributed by atoms with Gasteiger partial charge in [-0.1, -0.05) is 132 Å². The van der Waals surface area contributed by atoms with E-state index >= 15 is 4.39 Å². The molecule has 3 amide bonds. The van der Waals surface area contributed by atoms with Gasteiger partial charge < -0.3 is 25.8 Å². The summed E-state index contributed by atoms with van der Waals surface area (Å²) < 4.78 is 48.7. The van der Waals surface area contributed by atoms with Crippen molar-refractivity contribution >= 4 is 107 Å². The third kappa shape index (κ3) is 9.27. The summed E-state index contributed by atoms with van der Waals surface area (Å²) in [6.07, 6.45) is 0. The average Bonchev–Trinajstić information content (AvgIpc) is 4.31. The highest BCUT2D eigenvalue weighted by Crippen LogP contribution is 2.52. The molecule has 9 aromatic rings. The first kappa shape index (κ1) is 55.1. The van der Waals surface area contributed by atoms with E-state index in [2.05, 4.69) is 16.0 Å². The van der Waals surface area contributed by atoms with E-state index in [0.29, 0.717) is 63.4 Å². The largest absolute Gasteiger partial charge is 0.507 e. The summed E-state index contributed by atoms with van der Waals surface area (Å²) in [5.41, 5.74) is 0.212. The lowest BCUT2D eigenvalue weighted by Gasteiger charge is -2.32. The Balaban J connectivity index is 0.000000135. The van der Waals surface area contributed by atoms with Gasteiger partial charge in [0.15, 0.2) is 11.6 Å². The quantitative estimate of drug-likeness (QED) is 0.114. The Morgan fingerprint density at radius 3 is 1.66 bits per heavy atom. The molecule has 4 N–H and O–H groups in total. The highest BCUT2D eigenvalue weighted by molar-refractivity contribution is 7.22. The second-order valence-corrected chi connectivity index (χ2v) is 23.1. The van der Waals surface area contributed by atoms with Gasteiger partial charge in [-0.05, 0) is 85.0 Å². The SMILES string of the molecule is CC1(c2ccccc2)C(=O)Nc2sc(Cl)c(-c3cccc(F)c3)c2C1=O.COc1cccc(C2(C)C(=O)Nc3sc(Cl)c(-c4ccccc4C)c3C2=O)c1.O=C1Nc2scc(-c3ccc(F)cc3O)c2C(=O)C1(F)c1ccccc1. The Morgan fingerprint density at radius 2 is 1.05 bits per heavy atom. The van der Waals surface area contributed by atoms with E-state index in [1.165, 1.54) is 59.2 Å². The fraction of sp³-hybridized carbons (Fsp3) is 0.115. The highest BCUT2D eigenvalue weighted by atomic mass is 35.5. The number of thiophene rings is 3. The van der Waals surface area contributed by atoms with E-state index < -0.39 is 45.7 Å². The fourth-order valence-electron chi connectivity index (χ4n) is 9.81. The number of amides is 3. The second-order valence-electron chi connectivity index (χ2n) is 19.0. The highest BCUT2D eigenvalue weighted by Gasteiger charge is 2.54. The Kier molecular flexibility index (Phi) is 14.8. The molecule has 0 saturated heterocycles. The van der Waals surface area contributed by atoms with Crippen LogP contribution in [0.5, 0.6) is 11.5 Å². The Bertz CT molecular complexity index is 4040. The number of carbonyl (C=O) groups is 6. The summed E-state index contributed by atoms with van der Waals surface area (Å²) in [6, 6.07) is 40.4. The molecule has 0 radical (unpaired) electrons. The van der Waals surface area contributed by atoms with Gasteiger partial charge in [0.1, 0.15) is 57.6 Å². The van der Waals surface area contributed by atoms with Crippen molar-refractivity contribution in [2.24, 2.45) is 0 Å². The van der Waals surface area contributed by atoms with E-state index in [1.54, 1.807) is 87.7 Å². The predicted molar refractivity (Wildman–Crippen MR) is 308 cm³/mol. The molecule has 11 nitrogen and oxygen atoms in total. The minimum atomic E-state index is -2.88. The number of hydrogen-bond donors (Lipinski definition) is 4. The number of methoxy groups -OCH3 is 1. The number of nitrogens with one attached hydrogen (secondary N) is 3. The van der Waals surface area contributed by atoms with Crippen LogP contribution in [0.2, 0.25) is 8.67 Å². The zero-order valence-electron chi connectivity index (χ0n) is 42.4. The van der Waals surface area contributed by atoms with Gasteiger partial charge in [0, 0.05) is 39.3 Å². The number of ether oxygens (including phenoxy) is 1. The van der Waals surface area contributed by atoms with Gasteiger partial charge in [-0.2, -0.15) is 0 Å². The summed E-state index contributed by atoms with van der Waals surface area (Å²) in [4.78, 5) is 78.3. The normalized spacial score (nSPS) is 19.0. The first-order valence-electron chi connectivity index (χ1n) is 24.3. The number of Topliss-reactive ketones (excluding diaryl/α,β-unsaturated/α-hetero) is 3. The second kappa shape index (κ2) is 21.5. The summed E-state index contributed by atoms with van der Waals surface area (Å²) in [7, 11) is 1.55. The number of rotatable bonds is 7. The molecule has 3 aliphatic rings. The Labute approximate surface area is 477 Å². The smallest absolute Gasteiger partial charge is 0.275 e. The number of carbonyl (C=O) groups excluding carboxylic acids is 6. The molecule has 6 heterocycles. The van der Waals surface area contributed by atoms with Crippen LogP contribution in [0.1, 0.15) is 67.2 Å². The number of phenolic OH excluding ortho intramolecular Hbond substituents is 1. The summed E-state index contributed by atoms with van der Waals surface area (Å²) in [6.45, 7) is 5.22. The first-order chi connectivity index (χ1) is 38.2. The van der Waals surface area contributed by atoms with Crippen LogP contribution in [0.15, 0.2) is 157 Å². The van der Waals surface area contributed by atoms with E-state index in [-0.39, 0.29) is 50.5 Å². The number of aryl methyl sites for hydroxylation is 1. The van der Waals surface area contributed by atoms with Gasteiger partial charge >= 0.3 is 0 Å². The zero-order valence-corrected chi connectivity index (χ0v) is 46.4. The molecule has 3 aliphatic heterocycles.